The summed E-state index contributed by atoms with van der Waals surface area (Å²) in [5, 5.41) is 9.22. The molecule has 1 aromatic rings. The molecule has 0 bridgehead atoms. The highest BCUT2D eigenvalue weighted by molar-refractivity contribution is 5.94. The standard InChI is InChI=1S/C14H20N2O2/c15-8-7-11-2-1-9-16(10-11)14(18)12-3-5-13(17)6-4-12/h3-6,11,17H,1-2,7-10,15H2. The second-order valence-corrected chi connectivity index (χ2v) is 4.88. The van der Waals surface area contributed by atoms with E-state index < -0.39 is 0 Å². The molecule has 3 N–H and O–H groups in total. The maximum Gasteiger partial charge on any atom is 0.253 e. The highest BCUT2D eigenvalue weighted by Gasteiger charge is 2.23. The number of phenols is 1. The van der Waals surface area contributed by atoms with Gasteiger partial charge in [0, 0.05) is 18.7 Å². The van der Waals surface area contributed by atoms with Crippen LogP contribution in [0, 0.1) is 5.92 Å². The zero-order valence-corrected chi connectivity index (χ0v) is 10.5. The lowest BCUT2D eigenvalue weighted by Gasteiger charge is -2.32. The molecule has 98 valence electrons. The quantitative estimate of drug-likeness (QED) is 0.853. The van der Waals surface area contributed by atoms with Crippen molar-refractivity contribution in [3.05, 3.63) is 29.8 Å². The van der Waals surface area contributed by atoms with Crippen LogP contribution in [0.15, 0.2) is 24.3 Å². The summed E-state index contributed by atoms with van der Waals surface area (Å²) in [6, 6.07) is 6.44. The van der Waals surface area contributed by atoms with E-state index in [0.717, 1.165) is 32.4 Å². The van der Waals surface area contributed by atoms with Gasteiger partial charge in [-0.1, -0.05) is 0 Å². The number of amides is 1. The van der Waals surface area contributed by atoms with Crippen LogP contribution in [0.25, 0.3) is 0 Å². The SMILES string of the molecule is NCCC1CCCN(C(=O)c2ccc(O)cc2)C1. The third kappa shape index (κ3) is 3.01. The first-order valence-corrected chi connectivity index (χ1v) is 6.49. The molecule has 4 heteroatoms. The van der Waals surface area contributed by atoms with Crippen LogP contribution in [0.4, 0.5) is 0 Å². The summed E-state index contributed by atoms with van der Waals surface area (Å²) in [5.41, 5.74) is 6.22. The molecule has 0 aromatic heterocycles. The van der Waals surface area contributed by atoms with Crippen molar-refractivity contribution >= 4 is 5.91 Å². The number of nitrogens with two attached hydrogens (primary N) is 1. The highest BCUT2D eigenvalue weighted by Crippen LogP contribution is 2.21. The molecule has 1 aliphatic heterocycles. The van der Waals surface area contributed by atoms with Gasteiger partial charge in [0.2, 0.25) is 0 Å². The molecule has 4 nitrogen and oxygen atoms in total. The molecule has 0 saturated carbocycles. The van der Waals surface area contributed by atoms with Gasteiger partial charge in [-0.2, -0.15) is 0 Å². The Bertz CT molecular complexity index is 401. The van der Waals surface area contributed by atoms with E-state index in [9.17, 15) is 9.90 Å². The monoisotopic (exact) mass is 248 g/mol. The summed E-state index contributed by atoms with van der Waals surface area (Å²) in [7, 11) is 0. The molecule has 1 amide bonds. The van der Waals surface area contributed by atoms with Gasteiger partial charge in [0.15, 0.2) is 0 Å². The van der Waals surface area contributed by atoms with Crippen LogP contribution < -0.4 is 5.73 Å². The Morgan fingerprint density at radius 1 is 1.39 bits per heavy atom. The van der Waals surface area contributed by atoms with Crippen LogP contribution in [-0.4, -0.2) is 35.5 Å². The fraction of sp³-hybridized carbons (Fsp3) is 0.500. The van der Waals surface area contributed by atoms with Gasteiger partial charge in [0.05, 0.1) is 0 Å². The zero-order chi connectivity index (χ0) is 13.0. The molecule has 0 spiro atoms. The fourth-order valence-electron chi connectivity index (χ4n) is 2.51. The first-order valence-electron chi connectivity index (χ1n) is 6.49. The van der Waals surface area contributed by atoms with Gasteiger partial charge in [-0.05, 0) is 56.0 Å². The van der Waals surface area contributed by atoms with Crippen molar-refractivity contribution < 1.29 is 9.90 Å². The number of carbonyl (C=O) groups is 1. The predicted molar refractivity (Wildman–Crippen MR) is 70.4 cm³/mol. The zero-order valence-electron chi connectivity index (χ0n) is 10.5. The second-order valence-electron chi connectivity index (χ2n) is 4.88. The van der Waals surface area contributed by atoms with E-state index in [2.05, 4.69) is 0 Å². The van der Waals surface area contributed by atoms with Gasteiger partial charge >= 0.3 is 0 Å². The summed E-state index contributed by atoms with van der Waals surface area (Å²) in [4.78, 5) is 14.2. The highest BCUT2D eigenvalue weighted by atomic mass is 16.3. The van der Waals surface area contributed by atoms with E-state index >= 15 is 0 Å². The van der Waals surface area contributed by atoms with E-state index in [1.54, 1.807) is 24.3 Å². The predicted octanol–water partition coefficient (Wildman–Crippen LogP) is 1.59. The Kier molecular flexibility index (Phi) is 4.20. The van der Waals surface area contributed by atoms with Crippen LogP contribution in [-0.2, 0) is 0 Å². The lowest BCUT2D eigenvalue weighted by molar-refractivity contribution is 0.0669. The van der Waals surface area contributed by atoms with Crippen LogP contribution in [0.1, 0.15) is 29.6 Å². The number of rotatable bonds is 3. The van der Waals surface area contributed by atoms with E-state index in [4.69, 9.17) is 5.73 Å². The molecule has 1 unspecified atom stereocenters. The third-order valence-electron chi connectivity index (χ3n) is 3.50. The molecule has 2 rings (SSSR count). The van der Waals surface area contributed by atoms with Gasteiger partial charge in [0.25, 0.3) is 5.91 Å². The minimum absolute atomic E-state index is 0.0525. The minimum Gasteiger partial charge on any atom is -0.508 e. The third-order valence-corrected chi connectivity index (χ3v) is 3.50. The average molecular weight is 248 g/mol. The van der Waals surface area contributed by atoms with Gasteiger partial charge in [0.1, 0.15) is 5.75 Å². The van der Waals surface area contributed by atoms with Crippen LogP contribution in [0.3, 0.4) is 0 Å². The molecule has 1 atom stereocenters. The van der Waals surface area contributed by atoms with Gasteiger partial charge in [-0.25, -0.2) is 0 Å². The van der Waals surface area contributed by atoms with E-state index in [-0.39, 0.29) is 11.7 Å². The number of hydrogen-bond donors (Lipinski definition) is 2. The van der Waals surface area contributed by atoms with Crippen molar-refractivity contribution in [3.63, 3.8) is 0 Å². The summed E-state index contributed by atoms with van der Waals surface area (Å²) in [5.74, 6) is 0.771. The van der Waals surface area contributed by atoms with Crippen molar-refractivity contribution in [2.45, 2.75) is 19.3 Å². The summed E-state index contributed by atoms with van der Waals surface area (Å²) in [6.07, 6.45) is 3.20. The normalized spacial score (nSPS) is 19.8. The number of phenolic OH excluding ortho intramolecular Hbond substituents is 1. The van der Waals surface area contributed by atoms with Crippen molar-refractivity contribution in [1.29, 1.82) is 0 Å². The molecule has 1 fully saturated rings. The van der Waals surface area contributed by atoms with Crippen LogP contribution >= 0.6 is 0 Å². The Hall–Kier alpha value is -1.55. The molecule has 1 saturated heterocycles. The van der Waals surface area contributed by atoms with Crippen LogP contribution in [0.2, 0.25) is 0 Å². The molecule has 1 heterocycles. The minimum atomic E-state index is 0.0525. The topological polar surface area (TPSA) is 66.6 Å². The van der Waals surface area contributed by atoms with Gasteiger partial charge in [-0.3, -0.25) is 4.79 Å². The fourth-order valence-corrected chi connectivity index (χ4v) is 2.51. The number of likely N-dealkylation sites (tertiary alicyclic amines) is 1. The number of benzene rings is 1. The Balaban J connectivity index is 2.02. The summed E-state index contributed by atoms with van der Waals surface area (Å²) >= 11 is 0. The number of aromatic hydroxyl groups is 1. The smallest absolute Gasteiger partial charge is 0.253 e. The molecular weight excluding hydrogens is 228 g/mol. The number of carbonyl (C=O) groups excluding carboxylic acids is 1. The molecule has 0 radical (unpaired) electrons. The molecule has 1 aromatic carbocycles. The Labute approximate surface area is 107 Å². The second kappa shape index (κ2) is 5.87. The number of piperidine rings is 1. The Morgan fingerprint density at radius 2 is 2.11 bits per heavy atom. The number of hydrogen-bond acceptors (Lipinski definition) is 3. The van der Waals surface area contributed by atoms with E-state index in [1.165, 1.54) is 0 Å². The van der Waals surface area contributed by atoms with Crippen molar-refractivity contribution in [3.8, 4) is 5.75 Å². The average Bonchev–Trinajstić information content (AvgIpc) is 2.39. The van der Waals surface area contributed by atoms with Gasteiger partial charge < -0.3 is 15.7 Å². The van der Waals surface area contributed by atoms with E-state index in [1.807, 2.05) is 4.90 Å². The molecular formula is C14H20N2O2. The summed E-state index contributed by atoms with van der Waals surface area (Å²) < 4.78 is 0. The Morgan fingerprint density at radius 3 is 2.78 bits per heavy atom. The van der Waals surface area contributed by atoms with E-state index in [0.29, 0.717) is 18.0 Å². The van der Waals surface area contributed by atoms with Crippen molar-refractivity contribution in [2.75, 3.05) is 19.6 Å². The lowest BCUT2D eigenvalue weighted by Crippen LogP contribution is -2.40. The molecule has 18 heavy (non-hydrogen) atoms. The lowest BCUT2D eigenvalue weighted by atomic mass is 9.94. The van der Waals surface area contributed by atoms with Crippen molar-refractivity contribution in [1.82, 2.24) is 4.90 Å². The van der Waals surface area contributed by atoms with Crippen LogP contribution in [0.5, 0.6) is 5.75 Å². The molecule has 0 aliphatic carbocycles. The number of nitrogens with zero attached hydrogens (tertiary/aromatic N) is 1. The first kappa shape index (κ1) is 12.9. The summed E-state index contributed by atoms with van der Waals surface area (Å²) in [6.45, 7) is 2.31. The largest absolute Gasteiger partial charge is 0.508 e. The first-order chi connectivity index (χ1) is 8.70. The maximum atomic E-state index is 12.3. The van der Waals surface area contributed by atoms with Gasteiger partial charge in [-0.15, -0.1) is 0 Å². The van der Waals surface area contributed by atoms with Crippen molar-refractivity contribution in [2.24, 2.45) is 11.7 Å². The molecule has 1 aliphatic rings. The maximum absolute atomic E-state index is 12.3.